The molecule has 0 amide bonds. The second kappa shape index (κ2) is 7.53. The van der Waals surface area contributed by atoms with Gasteiger partial charge in [0, 0.05) is 19.1 Å². The number of halogens is 2. The van der Waals surface area contributed by atoms with Gasteiger partial charge >= 0.3 is 0 Å². The second-order valence-corrected chi connectivity index (χ2v) is 6.91. The first kappa shape index (κ1) is 15.9. The fourth-order valence-electron chi connectivity index (χ4n) is 2.76. The normalized spacial score (nSPS) is 20.6. The molecule has 0 radical (unpaired) electrons. The molecule has 0 spiro atoms. The first-order valence-electron chi connectivity index (χ1n) is 7.44. The van der Waals surface area contributed by atoms with Crippen molar-refractivity contribution in [1.82, 2.24) is 10.2 Å². The number of benzene rings is 1. The predicted octanol–water partition coefficient (Wildman–Crippen LogP) is 3.80. The quantitative estimate of drug-likeness (QED) is 0.875. The van der Waals surface area contributed by atoms with Gasteiger partial charge in [-0.3, -0.25) is 4.90 Å². The zero-order valence-corrected chi connectivity index (χ0v) is 13.9. The molecule has 1 aromatic rings. The molecule has 1 aliphatic rings. The minimum absolute atomic E-state index is 0.169. The van der Waals surface area contributed by atoms with Crippen molar-refractivity contribution in [3.63, 3.8) is 0 Å². The van der Waals surface area contributed by atoms with Crippen molar-refractivity contribution in [2.24, 2.45) is 5.92 Å². The Morgan fingerprint density at radius 2 is 2.25 bits per heavy atom. The highest BCUT2D eigenvalue weighted by Gasteiger charge is 2.20. The molecule has 20 heavy (non-hydrogen) atoms. The van der Waals surface area contributed by atoms with E-state index in [1.165, 1.54) is 12.8 Å². The third-order valence-electron chi connectivity index (χ3n) is 3.81. The van der Waals surface area contributed by atoms with E-state index in [9.17, 15) is 4.39 Å². The lowest BCUT2D eigenvalue weighted by Crippen LogP contribution is -2.40. The minimum Gasteiger partial charge on any atom is -0.314 e. The summed E-state index contributed by atoms with van der Waals surface area (Å²) in [5, 5.41) is 3.52. The molecule has 1 N–H and O–H groups in total. The molecule has 1 unspecified atom stereocenters. The largest absolute Gasteiger partial charge is 0.314 e. The van der Waals surface area contributed by atoms with Gasteiger partial charge < -0.3 is 5.32 Å². The van der Waals surface area contributed by atoms with Crippen LogP contribution >= 0.6 is 15.9 Å². The summed E-state index contributed by atoms with van der Waals surface area (Å²) in [6.45, 7) is 8.54. The van der Waals surface area contributed by atoms with E-state index in [4.69, 9.17) is 0 Å². The molecule has 2 rings (SSSR count). The van der Waals surface area contributed by atoms with Crippen molar-refractivity contribution in [2.45, 2.75) is 39.3 Å². The number of rotatable bonds is 5. The van der Waals surface area contributed by atoms with Crippen molar-refractivity contribution in [2.75, 3.05) is 19.6 Å². The number of hydrogen-bond acceptors (Lipinski definition) is 2. The summed E-state index contributed by atoms with van der Waals surface area (Å²) in [4.78, 5) is 2.44. The molecule has 0 saturated carbocycles. The van der Waals surface area contributed by atoms with Gasteiger partial charge in [-0.2, -0.15) is 0 Å². The maximum absolute atomic E-state index is 13.5. The summed E-state index contributed by atoms with van der Waals surface area (Å²) in [6, 6.07) is 5.99. The van der Waals surface area contributed by atoms with Crippen molar-refractivity contribution in [3.8, 4) is 0 Å². The highest BCUT2D eigenvalue weighted by atomic mass is 79.9. The van der Waals surface area contributed by atoms with Crippen molar-refractivity contribution < 1.29 is 4.39 Å². The van der Waals surface area contributed by atoms with Crippen LogP contribution in [0.1, 0.15) is 32.3 Å². The van der Waals surface area contributed by atoms with E-state index in [1.807, 2.05) is 6.07 Å². The summed E-state index contributed by atoms with van der Waals surface area (Å²) in [7, 11) is 0. The highest BCUT2D eigenvalue weighted by molar-refractivity contribution is 9.10. The average molecular weight is 343 g/mol. The van der Waals surface area contributed by atoms with Crippen molar-refractivity contribution in [1.29, 1.82) is 0 Å². The SMILES string of the molecule is CC(C)NCC1CCCN(Cc2ccc(Br)c(F)c2)C1. The summed E-state index contributed by atoms with van der Waals surface area (Å²) >= 11 is 3.20. The Morgan fingerprint density at radius 1 is 1.45 bits per heavy atom. The number of hydrogen-bond donors (Lipinski definition) is 1. The Kier molecular flexibility index (Phi) is 6.00. The van der Waals surface area contributed by atoms with Gasteiger partial charge in [0.15, 0.2) is 0 Å². The molecule has 1 fully saturated rings. The van der Waals surface area contributed by atoms with E-state index in [0.717, 1.165) is 31.7 Å². The Bertz CT molecular complexity index is 436. The van der Waals surface area contributed by atoms with Crippen molar-refractivity contribution >= 4 is 15.9 Å². The molecule has 0 aliphatic carbocycles. The van der Waals surface area contributed by atoms with Crippen LogP contribution in [0.5, 0.6) is 0 Å². The first-order chi connectivity index (χ1) is 9.54. The van der Waals surface area contributed by atoms with Gasteiger partial charge in [0.05, 0.1) is 4.47 Å². The number of piperidine rings is 1. The molecule has 4 heteroatoms. The van der Waals surface area contributed by atoms with E-state index in [1.54, 1.807) is 12.1 Å². The van der Waals surface area contributed by atoms with Crippen LogP contribution in [-0.4, -0.2) is 30.6 Å². The molecular weight excluding hydrogens is 319 g/mol. The molecule has 112 valence electrons. The minimum atomic E-state index is -0.169. The maximum atomic E-state index is 13.5. The standard InChI is InChI=1S/C16H24BrFN2/c1-12(2)19-9-14-4-3-7-20(11-14)10-13-5-6-15(17)16(18)8-13/h5-6,8,12,14,19H,3-4,7,9-11H2,1-2H3. The number of nitrogens with zero attached hydrogens (tertiary/aromatic N) is 1. The lowest BCUT2D eigenvalue weighted by Gasteiger charge is -2.33. The molecule has 1 aliphatic heterocycles. The van der Waals surface area contributed by atoms with Gasteiger partial charge in [-0.25, -0.2) is 4.39 Å². The molecule has 1 saturated heterocycles. The van der Waals surface area contributed by atoms with E-state index < -0.39 is 0 Å². The Morgan fingerprint density at radius 3 is 2.95 bits per heavy atom. The maximum Gasteiger partial charge on any atom is 0.137 e. The van der Waals surface area contributed by atoms with Crippen LogP contribution in [-0.2, 0) is 6.54 Å². The van der Waals surface area contributed by atoms with Crippen LogP contribution in [0, 0.1) is 11.7 Å². The molecule has 1 aromatic carbocycles. The number of likely N-dealkylation sites (tertiary alicyclic amines) is 1. The molecule has 1 heterocycles. The van der Waals surface area contributed by atoms with Crippen LogP contribution in [0.2, 0.25) is 0 Å². The lowest BCUT2D eigenvalue weighted by molar-refractivity contribution is 0.164. The smallest absolute Gasteiger partial charge is 0.137 e. The van der Waals surface area contributed by atoms with Gasteiger partial charge in [-0.1, -0.05) is 19.9 Å². The monoisotopic (exact) mass is 342 g/mol. The van der Waals surface area contributed by atoms with Gasteiger partial charge in [0.1, 0.15) is 5.82 Å². The van der Waals surface area contributed by atoms with Crippen LogP contribution in [0.3, 0.4) is 0 Å². The molecule has 1 atom stereocenters. The third-order valence-corrected chi connectivity index (χ3v) is 4.45. The topological polar surface area (TPSA) is 15.3 Å². The predicted molar refractivity (Wildman–Crippen MR) is 85.2 cm³/mol. The van der Waals surface area contributed by atoms with Gasteiger partial charge in [0.2, 0.25) is 0 Å². The zero-order chi connectivity index (χ0) is 14.5. The van der Waals surface area contributed by atoms with Crippen LogP contribution in [0.25, 0.3) is 0 Å². The summed E-state index contributed by atoms with van der Waals surface area (Å²) < 4.78 is 14.1. The highest BCUT2D eigenvalue weighted by Crippen LogP contribution is 2.21. The summed E-state index contributed by atoms with van der Waals surface area (Å²) in [5.74, 6) is 0.545. The number of nitrogens with one attached hydrogen (secondary N) is 1. The van der Waals surface area contributed by atoms with Gasteiger partial charge in [0.25, 0.3) is 0 Å². The second-order valence-electron chi connectivity index (χ2n) is 6.05. The average Bonchev–Trinajstić information content (AvgIpc) is 2.41. The lowest BCUT2D eigenvalue weighted by atomic mass is 9.97. The van der Waals surface area contributed by atoms with Crippen LogP contribution in [0.15, 0.2) is 22.7 Å². The molecular formula is C16H24BrFN2. The summed E-state index contributed by atoms with van der Waals surface area (Å²) in [6.07, 6.45) is 2.54. The first-order valence-corrected chi connectivity index (χ1v) is 8.23. The van der Waals surface area contributed by atoms with Crippen molar-refractivity contribution in [3.05, 3.63) is 34.1 Å². The Hall–Kier alpha value is -0.450. The third kappa shape index (κ3) is 4.83. The molecule has 2 nitrogen and oxygen atoms in total. The Balaban J connectivity index is 1.87. The van der Waals surface area contributed by atoms with E-state index in [-0.39, 0.29) is 5.82 Å². The fraction of sp³-hybridized carbons (Fsp3) is 0.625. The Labute approximate surface area is 129 Å². The molecule has 0 aromatic heterocycles. The van der Waals surface area contributed by atoms with E-state index >= 15 is 0 Å². The molecule has 0 bridgehead atoms. The van der Waals surface area contributed by atoms with Crippen LogP contribution in [0.4, 0.5) is 4.39 Å². The van der Waals surface area contributed by atoms with Gasteiger partial charge in [-0.15, -0.1) is 0 Å². The van der Waals surface area contributed by atoms with E-state index in [2.05, 4.69) is 40.0 Å². The van der Waals surface area contributed by atoms with Crippen LogP contribution < -0.4 is 5.32 Å². The van der Waals surface area contributed by atoms with E-state index in [0.29, 0.717) is 16.4 Å². The van der Waals surface area contributed by atoms with Gasteiger partial charge in [-0.05, 0) is 65.5 Å². The summed E-state index contributed by atoms with van der Waals surface area (Å²) in [5.41, 5.74) is 1.06. The zero-order valence-electron chi connectivity index (χ0n) is 12.3. The fourth-order valence-corrected chi connectivity index (χ4v) is 3.01.